The number of para-hydroxylation sites is 2. The first-order valence-electron chi connectivity index (χ1n) is 8.66. The molecule has 0 bridgehead atoms. The maximum atomic E-state index is 12.5. The quantitative estimate of drug-likeness (QED) is 0.452. The van der Waals surface area contributed by atoms with E-state index in [1.807, 2.05) is 54.8 Å². The maximum Gasteiger partial charge on any atom is 0.261 e. The number of rotatable bonds is 5. The summed E-state index contributed by atoms with van der Waals surface area (Å²) in [4.78, 5) is 18.0. The van der Waals surface area contributed by atoms with Crippen LogP contribution in [0, 0.1) is 0 Å². The second-order valence-corrected chi connectivity index (χ2v) is 8.21. The van der Waals surface area contributed by atoms with Gasteiger partial charge in [0.05, 0.1) is 22.0 Å². The molecule has 0 saturated carbocycles. The summed E-state index contributed by atoms with van der Waals surface area (Å²) in [5, 5.41) is 4.98. The number of nitrogens with zero attached hydrogens (tertiary/aromatic N) is 2. The van der Waals surface area contributed by atoms with Crippen LogP contribution in [-0.2, 0) is 6.54 Å². The molecule has 0 fully saturated rings. The highest BCUT2D eigenvalue weighted by atomic mass is 79.9. The van der Waals surface area contributed by atoms with E-state index >= 15 is 0 Å². The van der Waals surface area contributed by atoms with Crippen molar-refractivity contribution in [3.8, 4) is 0 Å². The van der Waals surface area contributed by atoms with E-state index in [2.05, 4.69) is 44.0 Å². The zero-order valence-corrected chi connectivity index (χ0v) is 17.1. The zero-order chi connectivity index (χ0) is 18.8. The van der Waals surface area contributed by atoms with Gasteiger partial charge in [-0.15, -0.1) is 11.3 Å². The average Bonchev–Trinajstić information content (AvgIpc) is 3.30. The van der Waals surface area contributed by atoms with Crippen LogP contribution in [0.2, 0.25) is 0 Å². The highest BCUT2D eigenvalue weighted by molar-refractivity contribution is 9.10. The lowest BCUT2D eigenvalue weighted by Crippen LogP contribution is -2.28. The number of imidazole rings is 1. The van der Waals surface area contributed by atoms with Gasteiger partial charge in [0.1, 0.15) is 5.82 Å². The number of fused-ring (bicyclic) bond motifs is 1. The predicted molar refractivity (Wildman–Crippen MR) is 113 cm³/mol. The van der Waals surface area contributed by atoms with Crippen LogP contribution in [0.5, 0.6) is 0 Å². The summed E-state index contributed by atoms with van der Waals surface area (Å²) in [6.45, 7) is 2.67. The van der Waals surface area contributed by atoms with E-state index in [-0.39, 0.29) is 11.9 Å². The van der Waals surface area contributed by atoms with Gasteiger partial charge in [0.2, 0.25) is 0 Å². The van der Waals surface area contributed by atoms with Crippen molar-refractivity contribution in [2.75, 3.05) is 0 Å². The maximum absolute atomic E-state index is 12.5. The SMILES string of the molecule is CC(NC(=O)c1cccs1)c1nc2ccccc2n1Cc1cccc(Br)c1. The minimum absolute atomic E-state index is 0.0708. The van der Waals surface area contributed by atoms with Crippen molar-refractivity contribution in [1.82, 2.24) is 14.9 Å². The lowest BCUT2D eigenvalue weighted by Gasteiger charge is -2.16. The molecule has 4 rings (SSSR count). The van der Waals surface area contributed by atoms with Gasteiger partial charge in [0.25, 0.3) is 5.91 Å². The second-order valence-electron chi connectivity index (χ2n) is 6.35. The molecule has 2 aromatic carbocycles. The Morgan fingerprint density at radius 3 is 2.81 bits per heavy atom. The molecule has 2 heterocycles. The molecule has 2 aromatic heterocycles. The number of hydrogen-bond acceptors (Lipinski definition) is 3. The van der Waals surface area contributed by atoms with E-state index in [0.717, 1.165) is 21.3 Å². The Bertz CT molecular complexity index is 1090. The number of benzene rings is 2. The molecule has 4 aromatic rings. The Labute approximate surface area is 170 Å². The third-order valence-corrected chi connectivity index (χ3v) is 5.76. The monoisotopic (exact) mass is 439 g/mol. The Morgan fingerprint density at radius 2 is 2.04 bits per heavy atom. The van der Waals surface area contributed by atoms with Gasteiger partial charge in [-0.05, 0) is 48.2 Å². The molecule has 0 aliphatic rings. The molecule has 27 heavy (non-hydrogen) atoms. The summed E-state index contributed by atoms with van der Waals surface area (Å²) < 4.78 is 3.22. The summed E-state index contributed by atoms with van der Waals surface area (Å²) in [6.07, 6.45) is 0. The molecule has 1 atom stereocenters. The third-order valence-electron chi connectivity index (χ3n) is 4.39. The number of hydrogen-bond donors (Lipinski definition) is 1. The fourth-order valence-electron chi connectivity index (χ4n) is 3.15. The van der Waals surface area contributed by atoms with Crippen LogP contribution in [0.3, 0.4) is 0 Å². The van der Waals surface area contributed by atoms with Crippen LogP contribution in [0.4, 0.5) is 0 Å². The van der Waals surface area contributed by atoms with Crippen LogP contribution < -0.4 is 5.32 Å². The molecule has 0 saturated heterocycles. The largest absolute Gasteiger partial charge is 0.342 e. The van der Waals surface area contributed by atoms with Gasteiger partial charge in [-0.1, -0.05) is 46.3 Å². The average molecular weight is 440 g/mol. The zero-order valence-electron chi connectivity index (χ0n) is 14.7. The topological polar surface area (TPSA) is 46.9 Å². The van der Waals surface area contributed by atoms with Gasteiger partial charge >= 0.3 is 0 Å². The van der Waals surface area contributed by atoms with Crippen LogP contribution in [0.15, 0.2) is 70.5 Å². The second kappa shape index (κ2) is 7.66. The molecule has 0 spiro atoms. The number of carbonyl (C=O) groups is 1. The van der Waals surface area contributed by atoms with Gasteiger partial charge in [0, 0.05) is 11.0 Å². The minimum atomic E-state index is -0.209. The molecule has 0 aliphatic heterocycles. The van der Waals surface area contributed by atoms with Gasteiger partial charge in [-0.3, -0.25) is 4.79 Å². The smallest absolute Gasteiger partial charge is 0.261 e. The molecule has 0 aliphatic carbocycles. The molecular weight excluding hydrogens is 422 g/mol. The molecular formula is C21H18BrN3OS. The van der Waals surface area contributed by atoms with E-state index in [1.165, 1.54) is 16.9 Å². The first kappa shape index (κ1) is 17.9. The van der Waals surface area contributed by atoms with Crippen molar-refractivity contribution in [2.45, 2.75) is 19.5 Å². The Kier molecular flexibility index (Phi) is 5.09. The summed E-state index contributed by atoms with van der Waals surface area (Å²) in [5.74, 6) is 0.777. The molecule has 1 N–H and O–H groups in total. The number of nitrogens with one attached hydrogen (secondary N) is 1. The molecule has 0 radical (unpaired) electrons. The number of amides is 1. The normalized spacial score (nSPS) is 12.2. The van der Waals surface area contributed by atoms with E-state index < -0.39 is 0 Å². The van der Waals surface area contributed by atoms with Gasteiger partial charge in [-0.2, -0.15) is 0 Å². The van der Waals surface area contributed by atoms with E-state index in [0.29, 0.717) is 11.4 Å². The van der Waals surface area contributed by atoms with Gasteiger partial charge in [0.15, 0.2) is 0 Å². The van der Waals surface area contributed by atoms with E-state index in [9.17, 15) is 4.79 Å². The molecule has 4 nitrogen and oxygen atoms in total. The van der Waals surface area contributed by atoms with Crippen molar-refractivity contribution in [3.05, 3.63) is 86.8 Å². The number of thiophene rings is 1. The van der Waals surface area contributed by atoms with Crippen molar-refractivity contribution in [1.29, 1.82) is 0 Å². The summed E-state index contributed by atoms with van der Waals surface area (Å²) in [5.41, 5.74) is 3.16. The number of aromatic nitrogens is 2. The first-order chi connectivity index (χ1) is 13.1. The lowest BCUT2D eigenvalue weighted by molar-refractivity contribution is 0.0942. The van der Waals surface area contributed by atoms with E-state index in [1.54, 1.807) is 0 Å². The van der Waals surface area contributed by atoms with Crippen molar-refractivity contribution < 1.29 is 4.79 Å². The van der Waals surface area contributed by atoms with Crippen LogP contribution in [0.25, 0.3) is 11.0 Å². The molecule has 136 valence electrons. The van der Waals surface area contributed by atoms with Crippen molar-refractivity contribution in [2.24, 2.45) is 0 Å². The lowest BCUT2D eigenvalue weighted by atomic mass is 10.2. The highest BCUT2D eigenvalue weighted by Gasteiger charge is 2.19. The summed E-state index contributed by atoms with van der Waals surface area (Å²) >= 11 is 4.97. The molecule has 1 amide bonds. The highest BCUT2D eigenvalue weighted by Crippen LogP contribution is 2.24. The fraction of sp³-hybridized carbons (Fsp3) is 0.143. The van der Waals surface area contributed by atoms with Gasteiger partial charge in [-0.25, -0.2) is 4.98 Å². The van der Waals surface area contributed by atoms with E-state index in [4.69, 9.17) is 4.98 Å². The van der Waals surface area contributed by atoms with Crippen LogP contribution in [0.1, 0.15) is 34.0 Å². The van der Waals surface area contributed by atoms with Crippen molar-refractivity contribution >= 4 is 44.2 Å². The number of halogens is 1. The summed E-state index contributed by atoms with van der Waals surface area (Å²) in [6, 6.07) is 19.8. The Hall–Kier alpha value is -2.44. The third kappa shape index (κ3) is 3.82. The molecule has 1 unspecified atom stereocenters. The van der Waals surface area contributed by atoms with Crippen molar-refractivity contribution in [3.63, 3.8) is 0 Å². The minimum Gasteiger partial charge on any atom is -0.342 e. The molecule has 6 heteroatoms. The van der Waals surface area contributed by atoms with Crippen LogP contribution in [-0.4, -0.2) is 15.5 Å². The standard InChI is InChI=1S/C21H18BrN3OS/c1-14(23-21(26)19-10-5-11-27-19)20-24-17-8-2-3-9-18(17)25(20)13-15-6-4-7-16(22)12-15/h2-12,14H,13H2,1H3,(H,23,26). The van der Waals surface area contributed by atoms with Crippen LogP contribution >= 0.6 is 27.3 Å². The fourth-order valence-corrected chi connectivity index (χ4v) is 4.22. The Morgan fingerprint density at radius 1 is 1.19 bits per heavy atom. The number of carbonyl (C=O) groups excluding carboxylic acids is 1. The predicted octanol–water partition coefficient (Wildman–Crippen LogP) is 5.40. The first-order valence-corrected chi connectivity index (χ1v) is 10.3. The van der Waals surface area contributed by atoms with Gasteiger partial charge < -0.3 is 9.88 Å². The Balaban J connectivity index is 1.70. The summed E-state index contributed by atoms with van der Waals surface area (Å²) in [7, 11) is 0.